The predicted molar refractivity (Wildman–Crippen MR) is 139 cm³/mol. The van der Waals surface area contributed by atoms with Crippen LogP contribution >= 0.6 is 27.5 Å². The first-order chi connectivity index (χ1) is 17.8. The molecule has 2 heterocycles. The van der Waals surface area contributed by atoms with Gasteiger partial charge in [0.2, 0.25) is 5.88 Å². The Morgan fingerprint density at radius 2 is 1.59 bits per heavy atom. The van der Waals surface area contributed by atoms with Gasteiger partial charge in [0.15, 0.2) is 5.82 Å². The van der Waals surface area contributed by atoms with Gasteiger partial charge in [-0.25, -0.2) is 24.3 Å². The predicted octanol–water partition coefficient (Wildman–Crippen LogP) is 4.39. The van der Waals surface area contributed by atoms with E-state index >= 15 is 0 Å². The SMILES string of the molecule is O=S(=O)(NCc1ccc(F)cc1)Nc1ncnc(OCCOc2ncc(Br)cn2)c1-c1ccc(Cl)cc1. The molecule has 0 fully saturated rings. The molecule has 2 aromatic carbocycles. The lowest BCUT2D eigenvalue weighted by molar-refractivity contribution is 0.202. The summed E-state index contributed by atoms with van der Waals surface area (Å²) in [4.78, 5) is 16.3. The lowest BCUT2D eigenvalue weighted by atomic mass is 10.1. The summed E-state index contributed by atoms with van der Waals surface area (Å²) in [5, 5.41) is 0.495. The minimum atomic E-state index is -4.07. The van der Waals surface area contributed by atoms with Crippen molar-refractivity contribution >= 4 is 43.6 Å². The third kappa shape index (κ3) is 7.79. The van der Waals surface area contributed by atoms with E-state index in [0.29, 0.717) is 26.2 Å². The van der Waals surface area contributed by atoms with Gasteiger partial charge < -0.3 is 9.47 Å². The number of hydrogen-bond acceptors (Lipinski definition) is 8. The zero-order chi connectivity index (χ0) is 26.3. The lowest BCUT2D eigenvalue weighted by Gasteiger charge is -2.16. The van der Waals surface area contributed by atoms with Crippen LogP contribution in [0.5, 0.6) is 11.9 Å². The van der Waals surface area contributed by atoms with Crippen LogP contribution in [0.2, 0.25) is 5.02 Å². The summed E-state index contributed by atoms with van der Waals surface area (Å²) in [5.74, 6) is -0.314. The molecule has 14 heteroatoms. The van der Waals surface area contributed by atoms with Gasteiger partial charge in [-0.3, -0.25) is 4.72 Å². The van der Waals surface area contributed by atoms with Gasteiger partial charge >= 0.3 is 16.2 Å². The summed E-state index contributed by atoms with van der Waals surface area (Å²) in [6.45, 7) is 0.105. The number of nitrogens with zero attached hydrogens (tertiary/aromatic N) is 4. The van der Waals surface area contributed by atoms with Gasteiger partial charge in [0, 0.05) is 24.0 Å². The Balaban J connectivity index is 1.51. The highest BCUT2D eigenvalue weighted by Crippen LogP contribution is 2.34. The third-order valence-corrected chi connectivity index (χ3v) is 6.35. The first-order valence-corrected chi connectivity index (χ1v) is 13.3. The Hall–Kier alpha value is -3.39. The summed E-state index contributed by atoms with van der Waals surface area (Å²) in [6, 6.07) is 12.3. The Morgan fingerprint density at radius 3 is 2.30 bits per heavy atom. The number of rotatable bonds is 11. The minimum Gasteiger partial charge on any atom is -0.473 e. The van der Waals surface area contributed by atoms with Gasteiger partial charge in [-0.05, 0) is 51.3 Å². The number of hydrogen-bond donors (Lipinski definition) is 2. The molecule has 0 radical (unpaired) electrons. The quantitative estimate of drug-likeness (QED) is 0.240. The number of anilines is 1. The second-order valence-electron chi connectivity index (χ2n) is 7.34. The van der Waals surface area contributed by atoms with Crippen molar-refractivity contribution < 1.29 is 22.3 Å². The van der Waals surface area contributed by atoms with Crippen LogP contribution in [-0.4, -0.2) is 41.6 Å². The Bertz CT molecular complexity index is 1450. The molecule has 0 saturated carbocycles. The highest BCUT2D eigenvalue weighted by Gasteiger charge is 2.20. The van der Waals surface area contributed by atoms with Crippen LogP contribution in [0.4, 0.5) is 10.2 Å². The zero-order valence-corrected chi connectivity index (χ0v) is 22.1. The van der Waals surface area contributed by atoms with Gasteiger partial charge in [0.25, 0.3) is 0 Å². The summed E-state index contributed by atoms with van der Waals surface area (Å²) in [6.07, 6.45) is 4.27. The molecule has 2 aromatic heterocycles. The van der Waals surface area contributed by atoms with E-state index in [-0.39, 0.29) is 37.5 Å². The smallest absolute Gasteiger partial charge is 0.316 e. The van der Waals surface area contributed by atoms with Crippen LogP contribution in [0.15, 0.2) is 71.7 Å². The van der Waals surface area contributed by atoms with Crippen molar-refractivity contribution in [2.24, 2.45) is 0 Å². The first kappa shape index (κ1) is 26.7. The number of benzene rings is 2. The van der Waals surface area contributed by atoms with Crippen LogP contribution in [0.3, 0.4) is 0 Å². The fourth-order valence-electron chi connectivity index (χ4n) is 3.02. The van der Waals surface area contributed by atoms with E-state index in [1.807, 2.05) is 0 Å². The number of nitrogens with one attached hydrogen (secondary N) is 2. The Labute approximate surface area is 225 Å². The maximum absolute atomic E-state index is 13.1. The van der Waals surface area contributed by atoms with Crippen LogP contribution in [0.1, 0.15) is 5.56 Å². The number of ether oxygens (including phenoxy) is 2. The van der Waals surface area contributed by atoms with Crippen LogP contribution in [-0.2, 0) is 16.8 Å². The Morgan fingerprint density at radius 1 is 0.919 bits per heavy atom. The molecule has 2 N–H and O–H groups in total. The molecule has 0 bridgehead atoms. The molecular weight excluding hydrogens is 591 g/mol. The molecule has 0 aliphatic heterocycles. The van der Waals surface area contributed by atoms with Crippen LogP contribution in [0, 0.1) is 5.82 Å². The van der Waals surface area contributed by atoms with Gasteiger partial charge in [0.1, 0.15) is 25.4 Å². The monoisotopic (exact) mass is 608 g/mol. The van der Waals surface area contributed by atoms with Crippen molar-refractivity contribution in [3.8, 4) is 23.0 Å². The molecule has 0 spiro atoms. The van der Waals surface area contributed by atoms with Crippen molar-refractivity contribution in [3.05, 3.63) is 88.1 Å². The average molecular weight is 610 g/mol. The second-order valence-corrected chi connectivity index (χ2v) is 10.2. The minimum absolute atomic E-state index is 0.0175. The standard InChI is InChI=1S/C23H19BrClFN6O4S/c24-17-12-27-23(28-13-17)36-10-9-35-22-20(16-3-5-18(25)6-4-16)21(29-14-30-22)32-37(33,34)31-11-15-1-7-19(26)8-2-15/h1-8,12-14,31H,9-11H2,(H,29,30,32). The fraction of sp³-hybridized carbons (Fsp3) is 0.130. The normalized spacial score (nSPS) is 11.2. The lowest BCUT2D eigenvalue weighted by Crippen LogP contribution is -2.30. The molecule has 0 unspecified atom stereocenters. The number of aromatic nitrogens is 4. The van der Waals surface area contributed by atoms with Crippen molar-refractivity contribution in [2.75, 3.05) is 17.9 Å². The molecule has 0 amide bonds. The molecule has 10 nitrogen and oxygen atoms in total. The van der Waals surface area contributed by atoms with Gasteiger partial charge in [-0.1, -0.05) is 35.9 Å². The molecule has 0 aliphatic rings. The number of halogens is 3. The Kier molecular flexibility index (Phi) is 8.82. The second kappa shape index (κ2) is 12.2. The molecule has 0 aliphatic carbocycles. The van der Waals surface area contributed by atoms with E-state index in [1.165, 1.54) is 30.6 Å². The van der Waals surface area contributed by atoms with Gasteiger partial charge in [-0.2, -0.15) is 13.1 Å². The van der Waals surface area contributed by atoms with Crippen molar-refractivity contribution in [2.45, 2.75) is 6.54 Å². The molecule has 4 rings (SSSR count). The van der Waals surface area contributed by atoms with E-state index in [2.05, 4.69) is 45.3 Å². The van der Waals surface area contributed by atoms with Crippen molar-refractivity contribution in [1.82, 2.24) is 24.7 Å². The third-order valence-electron chi connectivity index (χ3n) is 4.71. The summed E-state index contributed by atoms with van der Waals surface area (Å²) >= 11 is 9.28. The van der Waals surface area contributed by atoms with Gasteiger partial charge in [0.05, 0.1) is 10.0 Å². The van der Waals surface area contributed by atoms with E-state index in [9.17, 15) is 12.8 Å². The molecule has 4 aromatic rings. The first-order valence-electron chi connectivity index (χ1n) is 10.6. The maximum atomic E-state index is 13.1. The summed E-state index contributed by atoms with van der Waals surface area (Å²) in [7, 11) is -4.07. The van der Waals surface area contributed by atoms with E-state index in [1.54, 1.807) is 36.7 Å². The molecule has 37 heavy (non-hydrogen) atoms. The molecular formula is C23H19BrClFN6O4S. The highest BCUT2D eigenvalue weighted by molar-refractivity contribution is 9.10. The molecule has 0 saturated heterocycles. The van der Waals surface area contributed by atoms with E-state index in [0.717, 1.165) is 0 Å². The van der Waals surface area contributed by atoms with Gasteiger partial charge in [-0.15, -0.1) is 0 Å². The largest absolute Gasteiger partial charge is 0.473 e. The average Bonchev–Trinajstić information content (AvgIpc) is 2.88. The van der Waals surface area contributed by atoms with Crippen LogP contribution < -0.4 is 18.9 Å². The summed E-state index contributed by atoms with van der Waals surface area (Å²) < 4.78 is 55.5. The van der Waals surface area contributed by atoms with Crippen molar-refractivity contribution in [3.63, 3.8) is 0 Å². The fourth-order valence-corrected chi connectivity index (χ4v) is 4.19. The van der Waals surface area contributed by atoms with E-state index in [4.69, 9.17) is 21.1 Å². The zero-order valence-electron chi connectivity index (χ0n) is 18.9. The molecule has 192 valence electrons. The topological polar surface area (TPSA) is 128 Å². The molecule has 0 atom stereocenters. The summed E-state index contributed by atoms with van der Waals surface area (Å²) in [5.41, 5.74) is 1.44. The van der Waals surface area contributed by atoms with Crippen LogP contribution in [0.25, 0.3) is 11.1 Å². The maximum Gasteiger partial charge on any atom is 0.316 e. The van der Waals surface area contributed by atoms with Crippen molar-refractivity contribution in [1.29, 1.82) is 0 Å². The van der Waals surface area contributed by atoms with E-state index < -0.39 is 16.0 Å². The highest BCUT2D eigenvalue weighted by atomic mass is 79.9.